The second-order valence-electron chi connectivity index (χ2n) is 3.39. The molecule has 0 aliphatic rings. The molecule has 8 heteroatoms. The van der Waals surface area contributed by atoms with E-state index in [1.54, 1.807) is 0 Å². The number of nitrogen functional groups attached to an aromatic ring is 1. The van der Waals surface area contributed by atoms with Gasteiger partial charge in [-0.05, 0) is 12.1 Å². The molecule has 0 fully saturated rings. The van der Waals surface area contributed by atoms with Crippen LogP contribution in [0.15, 0.2) is 29.2 Å². The van der Waals surface area contributed by atoms with Crippen LogP contribution in [-0.2, 0) is 12.7 Å². The van der Waals surface area contributed by atoms with Gasteiger partial charge in [-0.1, -0.05) is 20.7 Å². The first-order valence-electron chi connectivity index (χ1n) is 4.43. The number of nitrogens with two attached hydrogens (primary N) is 1. The zero-order valence-electron chi connectivity index (χ0n) is 8.83. The predicted octanol–water partition coefficient (Wildman–Crippen LogP) is 2.73. The molecule has 17 heavy (non-hydrogen) atoms. The van der Waals surface area contributed by atoms with E-state index in [2.05, 4.69) is 4.18 Å². The molecule has 0 atom stereocenters. The second-order valence-corrected chi connectivity index (χ2v) is 8.18. The predicted molar refractivity (Wildman–Crippen MR) is 61.0 cm³/mol. The standard InChI is InChI=1S/C9H11ClF3NO2S/c1-16-17(10,15,6-9(11,12)13)8-5-3-2-4-7(8)14/h2-5H,6,14H2,1H3. The van der Waals surface area contributed by atoms with Gasteiger partial charge in [0, 0.05) is 10.7 Å². The Morgan fingerprint density at radius 2 is 1.94 bits per heavy atom. The van der Waals surface area contributed by atoms with Crippen molar-refractivity contribution in [3.8, 4) is 0 Å². The molecule has 0 saturated heterocycles. The smallest absolute Gasteiger partial charge is 0.397 e. The summed E-state index contributed by atoms with van der Waals surface area (Å²) in [6.45, 7) is 0. The molecule has 0 spiro atoms. The molecule has 1 aromatic rings. The quantitative estimate of drug-likeness (QED) is 0.687. The lowest BCUT2D eigenvalue weighted by Gasteiger charge is -2.40. The minimum Gasteiger partial charge on any atom is -0.397 e. The van der Waals surface area contributed by atoms with Gasteiger partial charge in [-0.15, -0.1) is 0 Å². The number of hydrogen-bond acceptors (Lipinski definition) is 3. The van der Waals surface area contributed by atoms with Gasteiger partial charge in [0.1, 0.15) is 5.75 Å². The average molecular weight is 290 g/mol. The van der Waals surface area contributed by atoms with Crippen LogP contribution in [0, 0.1) is 0 Å². The van der Waals surface area contributed by atoms with Gasteiger partial charge in [-0.3, -0.25) is 4.18 Å². The summed E-state index contributed by atoms with van der Waals surface area (Å²) in [4.78, 5) is -0.342. The summed E-state index contributed by atoms with van der Waals surface area (Å²) in [5.74, 6) is -1.78. The third kappa shape index (κ3) is 3.11. The van der Waals surface area contributed by atoms with Gasteiger partial charge < -0.3 is 5.73 Å². The van der Waals surface area contributed by atoms with Crippen molar-refractivity contribution in [2.45, 2.75) is 11.1 Å². The highest BCUT2D eigenvalue weighted by Crippen LogP contribution is 2.47. The maximum Gasteiger partial charge on any atom is 0.407 e. The fourth-order valence-electron chi connectivity index (χ4n) is 1.34. The topological polar surface area (TPSA) is 52.3 Å². The van der Waals surface area contributed by atoms with Crippen LogP contribution in [0.3, 0.4) is 0 Å². The Labute approximate surface area is 101 Å². The highest BCUT2D eigenvalue weighted by molar-refractivity contribution is 8.35. The lowest BCUT2D eigenvalue weighted by molar-refractivity contribution is -0.107. The molecule has 0 bridgehead atoms. The van der Waals surface area contributed by atoms with Crippen molar-refractivity contribution < 1.29 is 21.6 Å². The van der Waals surface area contributed by atoms with Crippen molar-refractivity contribution in [2.75, 3.05) is 18.6 Å². The SMILES string of the molecule is COS(=O)(Cl)(CC(F)(F)F)c1ccccc1N. The summed E-state index contributed by atoms with van der Waals surface area (Å²) in [6, 6.07) is 5.34. The number of anilines is 1. The van der Waals surface area contributed by atoms with E-state index in [4.69, 9.17) is 16.4 Å². The van der Waals surface area contributed by atoms with Crippen LogP contribution in [0.1, 0.15) is 0 Å². The Morgan fingerprint density at radius 1 is 1.41 bits per heavy atom. The third-order valence-electron chi connectivity index (χ3n) is 2.08. The molecule has 2 N–H and O–H groups in total. The van der Waals surface area contributed by atoms with E-state index in [1.165, 1.54) is 18.2 Å². The van der Waals surface area contributed by atoms with Crippen molar-refractivity contribution in [1.29, 1.82) is 0 Å². The van der Waals surface area contributed by atoms with Crippen LogP contribution in [0.5, 0.6) is 0 Å². The van der Waals surface area contributed by atoms with Gasteiger partial charge in [0.2, 0.25) is 0 Å². The van der Waals surface area contributed by atoms with E-state index in [0.29, 0.717) is 0 Å². The van der Waals surface area contributed by atoms with E-state index in [-0.39, 0.29) is 10.6 Å². The van der Waals surface area contributed by atoms with E-state index >= 15 is 0 Å². The summed E-state index contributed by atoms with van der Waals surface area (Å²) >= 11 is 0. The van der Waals surface area contributed by atoms with Crippen molar-refractivity contribution in [2.24, 2.45) is 0 Å². The van der Waals surface area contributed by atoms with Gasteiger partial charge in [0.05, 0.1) is 17.7 Å². The fourth-order valence-corrected chi connectivity index (χ4v) is 3.99. The fraction of sp³-hybridized carbons (Fsp3) is 0.333. The van der Waals surface area contributed by atoms with Gasteiger partial charge >= 0.3 is 6.18 Å². The Morgan fingerprint density at radius 3 is 2.35 bits per heavy atom. The molecule has 0 aliphatic heterocycles. The first-order chi connectivity index (χ1) is 7.57. The summed E-state index contributed by atoms with van der Waals surface area (Å²) in [5, 5.41) is 0. The molecule has 1 aromatic carbocycles. The Kier molecular flexibility index (Phi) is 3.48. The van der Waals surface area contributed by atoms with E-state index < -0.39 is 20.5 Å². The molecular formula is C9H11ClF3NO2S. The highest BCUT2D eigenvalue weighted by atomic mass is 35.7. The van der Waals surface area contributed by atoms with Crippen LogP contribution in [0.25, 0.3) is 0 Å². The molecule has 0 saturated carbocycles. The Balaban J connectivity index is 3.39. The highest BCUT2D eigenvalue weighted by Gasteiger charge is 2.45. The first kappa shape index (κ1) is 14.3. The molecule has 0 unspecified atom stereocenters. The van der Waals surface area contributed by atoms with Crippen LogP contribution in [-0.4, -0.2) is 23.2 Å². The number of hydrogen-bond donors (Lipinski definition) is 1. The molecule has 0 radical (unpaired) electrons. The molecule has 0 aromatic heterocycles. The number of rotatable bonds is 3. The first-order valence-corrected chi connectivity index (χ1v) is 7.31. The van der Waals surface area contributed by atoms with Crippen molar-refractivity contribution in [1.82, 2.24) is 0 Å². The third-order valence-corrected chi connectivity index (χ3v) is 5.97. The molecule has 0 aliphatic carbocycles. The van der Waals surface area contributed by atoms with Gasteiger partial charge in [-0.2, -0.15) is 17.4 Å². The van der Waals surface area contributed by atoms with Crippen LogP contribution in [0.2, 0.25) is 0 Å². The Bertz CT molecular complexity index is 491. The lowest BCUT2D eigenvalue weighted by atomic mass is 10.3. The maximum atomic E-state index is 12.4. The number of alkyl halides is 3. The molecule has 98 valence electrons. The van der Waals surface area contributed by atoms with E-state index in [1.807, 2.05) is 0 Å². The van der Waals surface area contributed by atoms with Crippen molar-refractivity contribution in [3.63, 3.8) is 0 Å². The summed E-state index contributed by atoms with van der Waals surface area (Å²) in [7, 11) is 1.47. The van der Waals surface area contributed by atoms with Gasteiger partial charge in [-0.25, -0.2) is 0 Å². The summed E-state index contributed by atoms with van der Waals surface area (Å²) < 4.78 is 54.1. The minimum absolute atomic E-state index is 0.106. The molecular weight excluding hydrogens is 279 g/mol. The zero-order chi connectivity index (χ0) is 13.3. The number of para-hydroxylation sites is 1. The Hall–Kier alpha value is -0.790. The summed E-state index contributed by atoms with van der Waals surface area (Å²) in [5.41, 5.74) is 5.38. The second kappa shape index (κ2) is 4.15. The van der Waals surface area contributed by atoms with Crippen LogP contribution >= 0.6 is 10.7 Å². The normalized spacial score (nSPS) is 15.2. The van der Waals surface area contributed by atoms with Crippen LogP contribution < -0.4 is 5.73 Å². The minimum atomic E-state index is -5.01. The van der Waals surface area contributed by atoms with Crippen LogP contribution in [0.4, 0.5) is 18.9 Å². The van der Waals surface area contributed by atoms with Gasteiger partial charge in [0.15, 0.2) is 0 Å². The van der Waals surface area contributed by atoms with Crippen molar-refractivity contribution >= 4 is 24.9 Å². The van der Waals surface area contributed by atoms with E-state index in [0.717, 1.165) is 13.2 Å². The molecule has 0 heterocycles. The number of halogens is 4. The van der Waals surface area contributed by atoms with Crippen molar-refractivity contribution in [3.05, 3.63) is 24.3 Å². The monoisotopic (exact) mass is 289 g/mol. The average Bonchev–Trinajstić information content (AvgIpc) is 2.15. The molecule has 3 nitrogen and oxygen atoms in total. The maximum absolute atomic E-state index is 12.4. The van der Waals surface area contributed by atoms with E-state index in [9.17, 15) is 17.4 Å². The lowest BCUT2D eigenvalue weighted by Crippen LogP contribution is -2.39. The number of benzene rings is 1. The zero-order valence-corrected chi connectivity index (χ0v) is 10.4. The largest absolute Gasteiger partial charge is 0.407 e. The summed E-state index contributed by atoms with van der Waals surface area (Å²) in [6.07, 6.45) is -4.73. The molecule has 0 amide bonds. The van der Waals surface area contributed by atoms with Gasteiger partial charge in [0.25, 0.3) is 0 Å². The molecule has 1 rings (SSSR count).